The topological polar surface area (TPSA) is 30.1 Å². The molecule has 37 heavy (non-hydrogen) atoms. The summed E-state index contributed by atoms with van der Waals surface area (Å²) in [7, 11) is 0. The van der Waals surface area contributed by atoms with Gasteiger partial charge in [-0.1, -0.05) is 0 Å². The fourth-order valence-electron chi connectivity index (χ4n) is 6.37. The number of fused-ring (bicyclic) bond motifs is 5. The summed E-state index contributed by atoms with van der Waals surface area (Å²) in [5, 5.41) is 1.26. The van der Waals surface area contributed by atoms with Crippen LogP contribution in [0, 0.1) is 0 Å². The van der Waals surface area contributed by atoms with Gasteiger partial charge in [0.15, 0.2) is 0 Å². The molecular formula is C27H16Cl4N3O2P+2. The fourth-order valence-corrected chi connectivity index (χ4v) is 14.8. The van der Waals surface area contributed by atoms with E-state index < -0.39 is 6.85 Å². The summed E-state index contributed by atoms with van der Waals surface area (Å²) in [6, 6.07) is 28.1. The van der Waals surface area contributed by atoms with Gasteiger partial charge in [-0.3, -0.25) is 0 Å². The maximum absolute atomic E-state index is 7.49. The SMILES string of the molecule is Clc1c(Cl)c(Cl)c2c(c1Cl)O[P-]13(c4ccccc4)(O2)[n+]2ccccc2-c2cccc([n+]21)-c1cccc[n+]13. The van der Waals surface area contributed by atoms with Gasteiger partial charge in [0, 0.05) is 0 Å². The summed E-state index contributed by atoms with van der Waals surface area (Å²) in [5.41, 5.74) is 3.64. The van der Waals surface area contributed by atoms with Crippen molar-refractivity contribution < 1.29 is 22.1 Å². The van der Waals surface area contributed by atoms with Crippen LogP contribution in [-0.2, 0) is 0 Å². The van der Waals surface area contributed by atoms with Crippen LogP contribution in [0.5, 0.6) is 11.5 Å². The second kappa shape index (κ2) is 6.55. The van der Waals surface area contributed by atoms with Crippen LogP contribution in [0.4, 0.5) is 0 Å². The van der Waals surface area contributed by atoms with Crippen LogP contribution >= 0.6 is 53.3 Å². The Morgan fingerprint density at radius 3 is 1.46 bits per heavy atom. The molecule has 0 amide bonds. The Bertz CT molecular complexity index is 1790. The Hall–Kier alpha value is -2.92. The van der Waals surface area contributed by atoms with Gasteiger partial charge in [-0.05, 0) is 0 Å². The summed E-state index contributed by atoms with van der Waals surface area (Å²) in [5.74, 6) is 0.476. The van der Waals surface area contributed by atoms with Crippen LogP contribution in [0.1, 0.15) is 0 Å². The van der Waals surface area contributed by atoms with Gasteiger partial charge in [0.05, 0.1) is 0 Å². The van der Waals surface area contributed by atoms with E-state index in [-0.39, 0.29) is 31.6 Å². The molecule has 0 bridgehead atoms. The summed E-state index contributed by atoms with van der Waals surface area (Å²) >= 11 is 26.8. The van der Waals surface area contributed by atoms with Gasteiger partial charge in [0.1, 0.15) is 0 Å². The molecule has 5 nitrogen and oxygen atoms in total. The summed E-state index contributed by atoms with van der Waals surface area (Å²) in [4.78, 5) is 0. The van der Waals surface area contributed by atoms with Crippen LogP contribution in [0.25, 0.3) is 22.8 Å². The van der Waals surface area contributed by atoms with Crippen LogP contribution < -0.4 is 27.4 Å². The molecule has 1 spiro atoms. The van der Waals surface area contributed by atoms with Crippen LogP contribution in [-0.4, -0.2) is 0 Å². The second-order valence-electron chi connectivity index (χ2n) is 9.22. The molecule has 0 radical (unpaired) electrons. The third-order valence-corrected chi connectivity index (χ3v) is 15.9. The minimum absolute atomic E-state index is 0.104. The van der Waals surface area contributed by atoms with E-state index in [1.54, 1.807) is 0 Å². The van der Waals surface area contributed by atoms with Gasteiger partial charge in [-0.25, -0.2) is 0 Å². The van der Waals surface area contributed by atoms with Gasteiger partial charge in [0.2, 0.25) is 0 Å². The van der Waals surface area contributed by atoms with Crippen molar-refractivity contribution in [2.75, 3.05) is 0 Å². The van der Waals surface area contributed by atoms with E-state index in [0.717, 1.165) is 28.1 Å². The first kappa shape index (κ1) is 22.1. The van der Waals surface area contributed by atoms with Crippen molar-refractivity contribution in [1.29, 1.82) is 0 Å². The molecule has 0 saturated heterocycles. The van der Waals surface area contributed by atoms with Crippen LogP contribution in [0.15, 0.2) is 97.3 Å². The normalized spacial score (nSPS) is 19.2. The summed E-state index contributed by atoms with van der Waals surface area (Å²) in [6.07, 6.45) is 3.97. The van der Waals surface area contributed by atoms with Gasteiger partial charge >= 0.3 is 232 Å². The standard InChI is InChI=1S/C27H16Cl4N3O2P/c28-22-23(29)25(31)27-26(24(22)30)35-37(36-27,17-9-2-1-3-10-17)32-15-6-4-11-18(32)20-13-8-14-21(34(20)37)19-12-5-7-16-33(19)37/h1-16H/q+2. The minimum atomic E-state index is -5.41. The van der Waals surface area contributed by atoms with E-state index in [9.17, 15) is 0 Å². The molecule has 8 rings (SSSR count). The quantitative estimate of drug-likeness (QED) is 0.127. The van der Waals surface area contributed by atoms with Crippen molar-refractivity contribution in [2.24, 2.45) is 0 Å². The first-order chi connectivity index (χ1) is 17.9. The Morgan fingerprint density at radius 2 is 0.946 bits per heavy atom. The zero-order valence-corrected chi connectivity index (χ0v) is 22.8. The predicted molar refractivity (Wildman–Crippen MR) is 145 cm³/mol. The monoisotopic (exact) mass is 585 g/mol. The van der Waals surface area contributed by atoms with Crippen molar-refractivity contribution in [1.82, 2.24) is 0 Å². The number of aromatic nitrogens is 3. The van der Waals surface area contributed by atoms with Crippen molar-refractivity contribution in [3.8, 4) is 34.3 Å². The number of nitrogens with zero attached hydrogens (tertiary/aromatic N) is 3. The zero-order chi connectivity index (χ0) is 25.2. The number of benzene rings is 2. The van der Waals surface area contributed by atoms with E-state index in [0.29, 0.717) is 0 Å². The molecule has 182 valence electrons. The van der Waals surface area contributed by atoms with Gasteiger partial charge in [0.25, 0.3) is 0 Å². The number of hydrogen-bond donors (Lipinski definition) is 0. The molecule has 0 N–H and O–H groups in total. The first-order valence-corrected chi connectivity index (χ1v) is 15.4. The summed E-state index contributed by atoms with van der Waals surface area (Å²) in [6.45, 7) is -5.41. The molecule has 0 unspecified atom stereocenters. The molecule has 2 aromatic carbocycles. The number of hydrogen-bond acceptors (Lipinski definition) is 2. The first-order valence-electron chi connectivity index (χ1n) is 11.5. The van der Waals surface area contributed by atoms with Crippen molar-refractivity contribution in [3.05, 3.63) is 117 Å². The second-order valence-corrected chi connectivity index (χ2v) is 15.5. The predicted octanol–water partition coefficient (Wildman–Crippen LogP) is 6.53. The third kappa shape index (κ3) is 1.98. The van der Waals surface area contributed by atoms with Crippen LogP contribution in [0.3, 0.4) is 0 Å². The molecule has 3 aromatic heterocycles. The molecular weight excluding hydrogens is 571 g/mol. The molecule has 5 aromatic rings. The molecule has 0 fully saturated rings. The van der Waals surface area contributed by atoms with Crippen molar-refractivity contribution in [2.45, 2.75) is 0 Å². The van der Waals surface area contributed by atoms with Crippen molar-refractivity contribution >= 4 is 58.6 Å². The third-order valence-electron chi connectivity index (χ3n) is 7.65. The van der Waals surface area contributed by atoms with Gasteiger partial charge in [-0.15, -0.1) is 0 Å². The Labute approximate surface area is 231 Å². The average Bonchev–Trinajstić information content (AvgIpc) is 3.51. The molecule has 3 aliphatic heterocycles. The molecule has 3 aliphatic rings. The number of pyridine rings is 3. The fraction of sp³-hybridized carbons (Fsp3) is 0. The molecule has 0 aliphatic carbocycles. The summed E-state index contributed by atoms with van der Waals surface area (Å²) < 4.78 is 21.4. The molecule has 6 heterocycles. The van der Waals surface area contributed by atoms with E-state index in [4.69, 9.17) is 55.5 Å². The Kier molecular flexibility index (Phi) is 3.91. The van der Waals surface area contributed by atoms with Crippen molar-refractivity contribution in [3.63, 3.8) is 0 Å². The van der Waals surface area contributed by atoms with E-state index in [2.05, 4.69) is 37.3 Å². The molecule has 0 saturated carbocycles. The van der Waals surface area contributed by atoms with Gasteiger partial charge in [-0.2, -0.15) is 0 Å². The number of halogens is 4. The number of rotatable bonds is 1. The Morgan fingerprint density at radius 1 is 0.486 bits per heavy atom. The molecule has 0 atom stereocenters. The average molecular weight is 587 g/mol. The van der Waals surface area contributed by atoms with E-state index in [1.807, 2.05) is 73.1 Å². The molecule has 10 heteroatoms. The van der Waals surface area contributed by atoms with Crippen LogP contribution in [0.2, 0.25) is 20.1 Å². The maximum atomic E-state index is 7.49. The Balaban J connectivity index is 1.75. The van der Waals surface area contributed by atoms with E-state index >= 15 is 0 Å². The van der Waals surface area contributed by atoms with E-state index in [1.165, 1.54) is 0 Å². The van der Waals surface area contributed by atoms with Gasteiger partial charge < -0.3 is 0 Å². The zero-order valence-electron chi connectivity index (χ0n) is 18.9.